The number of carbonyl (C=O) groups excluding carboxylic acids is 1. The fourth-order valence-corrected chi connectivity index (χ4v) is 3.05. The van der Waals surface area contributed by atoms with Gasteiger partial charge < -0.3 is 19.9 Å². The zero-order valence-electron chi connectivity index (χ0n) is 13.9. The highest BCUT2D eigenvalue weighted by molar-refractivity contribution is 7.90. The Bertz CT molecular complexity index is 721. The largest absolute Gasteiger partial charge is 0.494 e. The predicted octanol–water partition coefficient (Wildman–Crippen LogP) is 0.609. The van der Waals surface area contributed by atoms with Gasteiger partial charge in [0, 0.05) is 25.7 Å². The molecule has 1 saturated heterocycles. The lowest BCUT2D eigenvalue weighted by atomic mass is 9.99. The molecule has 0 aliphatic carbocycles. The molecule has 1 heterocycles. The number of carboxylic acids is 1. The van der Waals surface area contributed by atoms with Crippen LogP contribution in [0.5, 0.6) is 5.75 Å². The van der Waals surface area contributed by atoms with Gasteiger partial charge in [-0.25, -0.2) is 13.2 Å². The number of carboxylic acid groups (broad SMARTS) is 1. The third kappa shape index (κ3) is 5.17. The number of rotatable bonds is 8. The molecule has 1 amide bonds. The van der Waals surface area contributed by atoms with Crippen molar-refractivity contribution < 1.29 is 32.6 Å². The van der Waals surface area contributed by atoms with Gasteiger partial charge in [0.15, 0.2) is 15.4 Å². The zero-order valence-corrected chi connectivity index (χ0v) is 14.7. The first-order valence-corrected chi connectivity index (χ1v) is 9.67. The van der Waals surface area contributed by atoms with Crippen molar-refractivity contribution in [3.63, 3.8) is 0 Å². The van der Waals surface area contributed by atoms with Crippen LogP contribution in [0.25, 0.3) is 0 Å². The first kappa shape index (κ1) is 19.2. The number of hydrogen-bond donors (Lipinski definition) is 2. The third-order valence-corrected chi connectivity index (χ3v) is 5.01. The maximum Gasteiger partial charge on any atom is 0.331 e. The van der Waals surface area contributed by atoms with Crippen LogP contribution < -0.4 is 10.1 Å². The normalized spacial score (nSPS) is 20.2. The lowest BCUT2D eigenvalue weighted by Crippen LogP contribution is -2.55. The molecule has 0 radical (unpaired) electrons. The molecule has 138 valence electrons. The van der Waals surface area contributed by atoms with Crippen LogP contribution in [0.15, 0.2) is 29.2 Å². The maximum absolute atomic E-state index is 11.9. The Labute approximate surface area is 146 Å². The Hall–Kier alpha value is -2.13. The molecule has 2 rings (SSSR count). The molecule has 2 N–H and O–H groups in total. The zero-order chi connectivity index (χ0) is 18.5. The summed E-state index contributed by atoms with van der Waals surface area (Å²) in [6, 6.07) is 6.00. The summed E-state index contributed by atoms with van der Waals surface area (Å²) in [7, 11) is -3.25. The van der Waals surface area contributed by atoms with Crippen LogP contribution in [0.4, 0.5) is 0 Å². The van der Waals surface area contributed by atoms with Gasteiger partial charge in [0.1, 0.15) is 5.75 Å². The van der Waals surface area contributed by atoms with Gasteiger partial charge in [0.2, 0.25) is 5.91 Å². The van der Waals surface area contributed by atoms with E-state index in [-0.39, 0.29) is 36.9 Å². The van der Waals surface area contributed by atoms with Crippen LogP contribution in [-0.2, 0) is 24.2 Å². The van der Waals surface area contributed by atoms with Crippen LogP contribution in [0.2, 0.25) is 0 Å². The number of aliphatic carboxylic acids is 1. The van der Waals surface area contributed by atoms with Crippen molar-refractivity contribution in [3.05, 3.63) is 24.3 Å². The Balaban J connectivity index is 1.75. The van der Waals surface area contributed by atoms with E-state index in [0.717, 1.165) is 6.26 Å². The number of amides is 1. The van der Waals surface area contributed by atoms with Crippen molar-refractivity contribution in [3.8, 4) is 5.75 Å². The van der Waals surface area contributed by atoms with Gasteiger partial charge in [-0.3, -0.25) is 4.79 Å². The Kier molecular flexibility index (Phi) is 6.02. The van der Waals surface area contributed by atoms with Gasteiger partial charge in [0.05, 0.1) is 18.1 Å². The monoisotopic (exact) mass is 371 g/mol. The van der Waals surface area contributed by atoms with E-state index >= 15 is 0 Å². The second-order valence-corrected chi connectivity index (χ2v) is 7.95. The highest BCUT2D eigenvalue weighted by Gasteiger charge is 2.43. The average Bonchev–Trinajstić information content (AvgIpc) is 3.01. The van der Waals surface area contributed by atoms with Crippen LogP contribution in [0, 0.1) is 0 Å². The smallest absolute Gasteiger partial charge is 0.331 e. The van der Waals surface area contributed by atoms with E-state index in [1.54, 1.807) is 12.1 Å². The summed E-state index contributed by atoms with van der Waals surface area (Å²) < 4.78 is 33.2. The summed E-state index contributed by atoms with van der Waals surface area (Å²) in [4.78, 5) is 23.4. The van der Waals surface area contributed by atoms with Crippen LogP contribution in [-0.4, -0.2) is 57.0 Å². The molecule has 25 heavy (non-hydrogen) atoms. The standard InChI is InChI=1S/C16H21NO7S/c1-25(21,22)13-6-4-12(5-7-13)24-9-2-3-14(18)17-16(15(19)20)8-10-23-11-16/h4-7H,2-3,8-11H2,1H3,(H,17,18)(H,19,20). The lowest BCUT2D eigenvalue weighted by molar-refractivity contribution is -0.147. The topological polar surface area (TPSA) is 119 Å². The van der Waals surface area contributed by atoms with Crippen molar-refractivity contribution in [2.45, 2.75) is 29.7 Å². The van der Waals surface area contributed by atoms with Gasteiger partial charge in [0.25, 0.3) is 0 Å². The summed E-state index contributed by atoms with van der Waals surface area (Å²) in [5.74, 6) is -0.969. The molecule has 0 bridgehead atoms. The molecule has 1 aromatic carbocycles. The SMILES string of the molecule is CS(=O)(=O)c1ccc(OCCCC(=O)NC2(C(=O)O)CCOC2)cc1. The third-order valence-electron chi connectivity index (χ3n) is 3.88. The number of benzene rings is 1. The van der Waals surface area contributed by atoms with Crippen molar-refractivity contribution in [1.82, 2.24) is 5.32 Å². The molecule has 9 heteroatoms. The molecule has 1 aliphatic heterocycles. The lowest BCUT2D eigenvalue weighted by Gasteiger charge is -2.23. The van der Waals surface area contributed by atoms with Gasteiger partial charge in [-0.1, -0.05) is 0 Å². The van der Waals surface area contributed by atoms with E-state index in [2.05, 4.69) is 5.32 Å². The number of sulfone groups is 1. The first-order chi connectivity index (χ1) is 11.7. The second-order valence-electron chi connectivity index (χ2n) is 5.93. The molecule has 1 aliphatic rings. The molecule has 8 nitrogen and oxygen atoms in total. The minimum absolute atomic E-state index is 0.0305. The highest BCUT2D eigenvalue weighted by Crippen LogP contribution is 2.19. The van der Waals surface area contributed by atoms with Crippen molar-refractivity contribution >= 4 is 21.7 Å². The number of ether oxygens (including phenoxy) is 2. The maximum atomic E-state index is 11.9. The quantitative estimate of drug-likeness (QED) is 0.643. The Morgan fingerprint density at radius 3 is 2.52 bits per heavy atom. The van der Waals surface area contributed by atoms with Crippen molar-refractivity contribution in [2.75, 3.05) is 26.1 Å². The Morgan fingerprint density at radius 2 is 2.00 bits per heavy atom. The number of hydrogen-bond acceptors (Lipinski definition) is 6. The summed E-state index contributed by atoms with van der Waals surface area (Å²) in [6.07, 6.45) is 1.89. The van der Waals surface area contributed by atoms with E-state index in [4.69, 9.17) is 9.47 Å². The summed E-state index contributed by atoms with van der Waals surface area (Å²) in [5.41, 5.74) is -1.33. The molecule has 0 spiro atoms. The molecule has 0 saturated carbocycles. The number of carbonyl (C=O) groups is 2. The fraction of sp³-hybridized carbons (Fsp3) is 0.500. The first-order valence-electron chi connectivity index (χ1n) is 7.78. The molecule has 1 unspecified atom stereocenters. The van der Waals surface area contributed by atoms with Crippen molar-refractivity contribution in [1.29, 1.82) is 0 Å². The average molecular weight is 371 g/mol. The molecule has 0 aromatic heterocycles. The highest BCUT2D eigenvalue weighted by atomic mass is 32.2. The summed E-state index contributed by atoms with van der Waals surface area (Å²) in [6.45, 7) is 0.526. The molecule has 1 fully saturated rings. The molecular weight excluding hydrogens is 350 g/mol. The fourth-order valence-electron chi connectivity index (χ4n) is 2.42. The molecular formula is C16H21NO7S. The minimum Gasteiger partial charge on any atom is -0.494 e. The van der Waals surface area contributed by atoms with E-state index in [1.807, 2.05) is 0 Å². The van der Waals surface area contributed by atoms with E-state index in [0.29, 0.717) is 18.8 Å². The Morgan fingerprint density at radius 1 is 1.32 bits per heavy atom. The number of nitrogens with one attached hydrogen (secondary N) is 1. The second kappa shape index (κ2) is 7.83. The summed E-state index contributed by atoms with van der Waals surface area (Å²) >= 11 is 0. The van der Waals surface area contributed by atoms with E-state index < -0.39 is 21.3 Å². The minimum atomic E-state index is -3.25. The molecule has 1 atom stereocenters. The van der Waals surface area contributed by atoms with Crippen LogP contribution in [0.3, 0.4) is 0 Å². The van der Waals surface area contributed by atoms with Gasteiger partial charge in [-0.05, 0) is 30.7 Å². The van der Waals surface area contributed by atoms with Crippen LogP contribution in [0.1, 0.15) is 19.3 Å². The predicted molar refractivity (Wildman–Crippen MR) is 88.2 cm³/mol. The van der Waals surface area contributed by atoms with E-state index in [9.17, 15) is 23.1 Å². The van der Waals surface area contributed by atoms with Gasteiger partial charge >= 0.3 is 5.97 Å². The van der Waals surface area contributed by atoms with Gasteiger partial charge in [-0.2, -0.15) is 0 Å². The summed E-state index contributed by atoms with van der Waals surface area (Å²) in [5, 5.41) is 11.8. The van der Waals surface area contributed by atoms with E-state index in [1.165, 1.54) is 12.1 Å². The molecule has 1 aromatic rings. The van der Waals surface area contributed by atoms with Gasteiger partial charge in [-0.15, -0.1) is 0 Å². The van der Waals surface area contributed by atoms with Crippen LogP contribution >= 0.6 is 0 Å². The van der Waals surface area contributed by atoms with Crippen molar-refractivity contribution in [2.24, 2.45) is 0 Å².